The van der Waals surface area contributed by atoms with Crippen molar-refractivity contribution in [1.29, 1.82) is 0 Å². The Morgan fingerprint density at radius 2 is 2.10 bits per heavy atom. The van der Waals surface area contributed by atoms with Crippen LogP contribution in [0.2, 0.25) is 5.02 Å². The third-order valence-corrected chi connectivity index (χ3v) is 5.94. The van der Waals surface area contributed by atoms with Gasteiger partial charge < -0.3 is 10.6 Å². The summed E-state index contributed by atoms with van der Waals surface area (Å²) in [4.78, 5) is 1.65. The third kappa shape index (κ3) is 3.15. The molecule has 2 N–H and O–H groups in total. The van der Waals surface area contributed by atoms with E-state index in [0.717, 1.165) is 12.5 Å². The molecule has 0 radical (unpaired) electrons. The van der Waals surface area contributed by atoms with Gasteiger partial charge in [0.25, 0.3) is 0 Å². The molecule has 5 nitrogen and oxygen atoms in total. The van der Waals surface area contributed by atoms with Crippen LogP contribution in [0, 0.1) is 5.82 Å². The zero-order valence-electron chi connectivity index (χ0n) is 12.0. The van der Waals surface area contributed by atoms with Crippen molar-refractivity contribution in [1.82, 2.24) is 9.21 Å². The van der Waals surface area contributed by atoms with Crippen LogP contribution >= 0.6 is 11.6 Å². The van der Waals surface area contributed by atoms with E-state index in [1.54, 1.807) is 0 Å². The van der Waals surface area contributed by atoms with E-state index in [1.807, 2.05) is 14.0 Å². The Morgan fingerprint density at radius 1 is 1.43 bits per heavy atom. The highest BCUT2D eigenvalue weighted by Crippen LogP contribution is 2.28. The van der Waals surface area contributed by atoms with E-state index in [0.29, 0.717) is 19.6 Å². The average Bonchev–Trinajstić information content (AvgIpc) is 2.42. The molecule has 21 heavy (non-hydrogen) atoms. The number of nitrogen functional groups attached to an aromatic ring is 1. The minimum atomic E-state index is -3.94. The number of rotatable bonds is 3. The first-order chi connectivity index (χ1) is 9.77. The van der Waals surface area contributed by atoms with E-state index < -0.39 is 20.7 Å². The largest absolute Gasteiger partial charge is 0.396 e. The van der Waals surface area contributed by atoms with Crippen molar-refractivity contribution in [2.24, 2.45) is 0 Å². The molecule has 1 aliphatic rings. The van der Waals surface area contributed by atoms with Gasteiger partial charge in [-0.15, -0.1) is 0 Å². The second kappa shape index (κ2) is 6.08. The van der Waals surface area contributed by atoms with E-state index in [4.69, 9.17) is 17.3 Å². The number of likely N-dealkylation sites (N-methyl/N-ethyl adjacent to an activating group) is 1. The summed E-state index contributed by atoms with van der Waals surface area (Å²) in [7, 11) is -1.98. The van der Waals surface area contributed by atoms with Crippen molar-refractivity contribution < 1.29 is 12.8 Å². The lowest BCUT2D eigenvalue weighted by Gasteiger charge is -2.38. The van der Waals surface area contributed by atoms with Gasteiger partial charge in [-0.3, -0.25) is 0 Å². The Hall–Kier alpha value is -0.890. The minimum Gasteiger partial charge on any atom is -0.396 e. The Bertz CT molecular complexity index is 639. The van der Waals surface area contributed by atoms with Crippen molar-refractivity contribution >= 4 is 27.3 Å². The summed E-state index contributed by atoms with van der Waals surface area (Å²) in [5, 5.41) is 0.105. The summed E-state index contributed by atoms with van der Waals surface area (Å²) in [6, 6.07) is 2.43. The smallest absolute Gasteiger partial charge is 0.246 e. The second-order valence-corrected chi connectivity index (χ2v) is 7.56. The van der Waals surface area contributed by atoms with Gasteiger partial charge in [-0.05, 0) is 25.6 Å². The van der Waals surface area contributed by atoms with Gasteiger partial charge in [0.2, 0.25) is 10.0 Å². The average molecular weight is 336 g/mol. The maximum Gasteiger partial charge on any atom is 0.246 e. The zero-order valence-corrected chi connectivity index (χ0v) is 13.6. The SMILES string of the molecule is CCC1CN(S(=O)(=O)c2cc(Cl)cc(N)c2F)CCN1C. The van der Waals surface area contributed by atoms with Gasteiger partial charge >= 0.3 is 0 Å². The van der Waals surface area contributed by atoms with E-state index in [-0.39, 0.29) is 16.8 Å². The van der Waals surface area contributed by atoms with Crippen LogP contribution in [-0.2, 0) is 10.0 Å². The third-order valence-electron chi connectivity index (χ3n) is 3.86. The van der Waals surface area contributed by atoms with Gasteiger partial charge in [0, 0.05) is 30.7 Å². The predicted octanol–water partition coefficient (Wildman–Crippen LogP) is 1.78. The summed E-state index contributed by atoms with van der Waals surface area (Å²) in [6.45, 7) is 3.26. The molecule has 1 saturated heterocycles. The van der Waals surface area contributed by atoms with E-state index in [2.05, 4.69) is 4.90 Å². The number of sulfonamides is 1. The number of nitrogens with two attached hydrogens (primary N) is 1. The summed E-state index contributed by atoms with van der Waals surface area (Å²) >= 11 is 5.81. The first kappa shape index (κ1) is 16.5. The van der Waals surface area contributed by atoms with Crippen molar-refractivity contribution in [3.8, 4) is 0 Å². The van der Waals surface area contributed by atoms with Crippen molar-refractivity contribution in [3.63, 3.8) is 0 Å². The first-order valence-corrected chi connectivity index (χ1v) is 8.54. The molecule has 0 spiro atoms. The van der Waals surface area contributed by atoms with Crippen LogP contribution < -0.4 is 5.73 Å². The summed E-state index contributed by atoms with van der Waals surface area (Å²) in [6.07, 6.45) is 0.822. The lowest BCUT2D eigenvalue weighted by Crippen LogP contribution is -2.52. The standard InChI is InChI=1S/C13H19ClFN3O2S/c1-3-10-8-18(5-4-17(10)2)21(19,20)12-7-9(14)6-11(16)13(12)15/h6-7,10H,3-5,8,16H2,1-2H3. The van der Waals surface area contributed by atoms with Crippen LogP contribution in [0.1, 0.15) is 13.3 Å². The summed E-state index contributed by atoms with van der Waals surface area (Å²) in [5.41, 5.74) is 5.21. The molecule has 0 saturated carbocycles. The molecule has 118 valence electrons. The monoisotopic (exact) mass is 335 g/mol. The number of hydrogen-bond acceptors (Lipinski definition) is 4. The molecule has 1 heterocycles. The van der Waals surface area contributed by atoms with Gasteiger partial charge in [0.1, 0.15) is 4.90 Å². The fraction of sp³-hybridized carbons (Fsp3) is 0.538. The van der Waals surface area contributed by atoms with Crippen molar-refractivity contribution in [3.05, 3.63) is 23.0 Å². The highest BCUT2D eigenvalue weighted by Gasteiger charge is 2.34. The fourth-order valence-electron chi connectivity index (χ4n) is 2.49. The first-order valence-electron chi connectivity index (χ1n) is 6.72. The molecule has 1 aromatic carbocycles. The van der Waals surface area contributed by atoms with Gasteiger partial charge in [-0.1, -0.05) is 18.5 Å². The van der Waals surface area contributed by atoms with Crippen LogP contribution in [0.25, 0.3) is 0 Å². The highest BCUT2D eigenvalue weighted by atomic mass is 35.5. The number of hydrogen-bond donors (Lipinski definition) is 1. The van der Waals surface area contributed by atoms with Crippen LogP contribution in [-0.4, -0.2) is 50.3 Å². The number of piperazine rings is 1. The molecule has 0 aromatic heterocycles. The molecule has 8 heteroatoms. The Balaban J connectivity index is 2.39. The molecule has 1 unspecified atom stereocenters. The second-order valence-electron chi connectivity index (χ2n) is 5.21. The maximum atomic E-state index is 14.1. The Kier molecular flexibility index (Phi) is 4.77. The normalized spacial score (nSPS) is 21.6. The maximum absolute atomic E-state index is 14.1. The topological polar surface area (TPSA) is 66.6 Å². The number of nitrogens with zero attached hydrogens (tertiary/aromatic N) is 2. The molecule has 0 aliphatic carbocycles. The van der Waals surface area contributed by atoms with Crippen molar-refractivity contribution in [2.45, 2.75) is 24.3 Å². The van der Waals surface area contributed by atoms with E-state index in [9.17, 15) is 12.8 Å². The quantitative estimate of drug-likeness (QED) is 0.855. The lowest BCUT2D eigenvalue weighted by atomic mass is 10.1. The van der Waals surface area contributed by atoms with Gasteiger partial charge in [-0.25, -0.2) is 12.8 Å². The Labute approximate surface area is 129 Å². The van der Waals surface area contributed by atoms with E-state index >= 15 is 0 Å². The summed E-state index contributed by atoms with van der Waals surface area (Å²) in [5.74, 6) is -0.939. The lowest BCUT2D eigenvalue weighted by molar-refractivity contribution is 0.144. The van der Waals surface area contributed by atoms with Crippen molar-refractivity contribution in [2.75, 3.05) is 32.4 Å². The minimum absolute atomic E-state index is 0.105. The van der Waals surface area contributed by atoms with Crippen LogP contribution in [0.5, 0.6) is 0 Å². The van der Waals surface area contributed by atoms with Crippen LogP contribution in [0.3, 0.4) is 0 Å². The number of anilines is 1. The molecule has 2 rings (SSSR count). The highest BCUT2D eigenvalue weighted by molar-refractivity contribution is 7.89. The molecule has 1 atom stereocenters. The molecule has 1 aliphatic heterocycles. The van der Waals surface area contributed by atoms with Crippen LogP contribution in [0.15, 0.2) is 17.0 Å². The molecular weight excluding hydrogens is 317 g/mol. The predicted molar refractivity (Wildman–Crippen MR) is 81.3 cm³/mol. The van der Waals surface area contributed by atoms with Gasteiger partial charge in [-0.2, -0.15) is 4.31 Å². The zero-order chi connectivity index (χ0) is 15.8. The molecule has 1 aromatic rings. The molecule has 1 fully saturated rings. The number of halogens is 2. The van der Waals surface area contributed by atoms with Gasteiger partial charge in [0.05, 0.1) is 5.69 Å². The van der Waals surface area contributed by atoms with E-state index in [1.165, 1.54) is 10.4 Å². The fourth-order valence-corrected chi connectivity index (χ4v) is 4.37. The van der Waals surface area contributed by atoms with Gasteiger partial charge in [0.15, 0.2) is 5.82 Å². The summed E-state index contributed by atoms with van der Waals surface area (Å²) < 4.78 is 40.7. The van der Waals surface area contributed by atoms with Crippen LogP contribution in [0.4, 0.5) is 10.1 Å². The Morgan fingerprint density at radius 3 is 2.71 bits per heavy atom. The molecule has 0 amide bonds. The molecule has 0 bridgehead atoms. The molecular formula is C13H19ClFN3O2S. The number of benzene rings is 1.